The van der Waals surface area contributed by atoms with Gasteiger partial charge in [0, 0.05) is 18.5 Å². The van der Waals surface area contributed by atoms with Gasteiger partial charge >= 0.3 is 0 Å². The fourth-order valence-corrected chi connectivity index (χ4v) is 3.79. The summed E-state index contributed by atoms with van der Waals surface area (Å²) in [4.78, 5) is 15.7. The first-order chi connectivity index (χ1) is 12.0. The Kier molecular flexibility index (Phi) is 4.96. The molecule has 0 fully saturated rings. The maximum Gasteiger partial charge on any atom is 0.266 e. The molecule has 7 heteroatoms. The highest BCUT2D eigenvalue weighted by Crippen LogP contribution is 2.35. The number of aryl methyl sites for hydroxylation is 2. The van der Waals surface area contributed by atoms with Gasteiger partial charge in [-0.15, -0.1) is 16.4 Å². The van der Waals surface area contributed by atoms with Crippen LogP contribution in [0.3, 0.4) is 0 Å². The van der Waals surface area contributed by atoms with Gasteiger partial charge in [0.05, 0.1) is 18.0 Å². The van der Waals surface area contributed by atoms with Gasteiger partial charge < -0.3 is 15.7 Å². The van der Waals surface area contributed by atoms with Crippen LogP contribution in [-0.4, -0.2) is 39.3 Å². The van der Waals surface area contributed by atoms with Crippen molar-refractivity contribution in [3.05, 3.63) is 52.0 Å². The zero-order valence-corrected chi connectivity index (χ0v) is 15.0. The summed E-state index contributed by atoms with van der Waals surface area (Å²) < 4.78 is 0. The van der Waals surface area contributed by atoms with E-state index >= 15 is 0 Å². The Hall–Kier alpha value is -2.51. The molecule has 0 aliphatic rings. The van der Waals surface area contributed by atoms with Crippen LogP contribution in [0, 0.1) is 13.8 Å². The molecule has 3 rings (SSSR count). The topological polar surface area (TPSA) is 92.3 Å². The number of nitrogens with zero attached hydrogens (tertiary/aromatic N) is 3. The van der Waals surface area contributed by atoms with Gasteiger partial charge in [0.15, 0.2) is 0 Å². The number of benzene rings is 1. The molecule has 0 saturated heterocycles. The molecule has 0 aliphatic carbocycles. The molecule has 0 spiro atoms. The highest BCUT2D eigenvalue weighted by molar-refractivity contribution is 7.21. The fraction of sp³-hybridized carbons (Fsp3) is 0.278. The van der Waals surface area contributed by atoms with Crippen molar-refractivity contribution in [2.75, 3.05) is 18.9 Å². The number of fused-ring (bicyclic) bond motifs is 1. The van der Waals surface area contributed by atoms with Gasteiger partial charge in [-0.25, -0.2) is 0 Å². The number of hydrogen-bond acceptors (Lipinski definition) is 6. The zero-order chi connectivity index (χ0) is 18.0. The predicted molar refractivity (Wildman–Crippen MR) is 99.6 cm³/mol. The van der Waals surface area contributed by atoms with E-state index in [-0.39, 0.29) is 19.1 Å². The number of carbonyl (C=O) groups is 1. The van der Waals surface area contributed by atoms with Crippen LogP contribution in [0.1, 0.15) is 26.5 Å². The standard InChI is InChI=1S/C18H20N4O2S/c1-11-12(2)20-21-17-14(11)15(19)16(25-17)18(24)22(8-9-23)10-13-6-4-3-5-7-13/h3-7,23H,8-10,19H2,1-2H3. The van der Waals surface area contributed by atoms with Gasteiger partial charge in [0.2, 0.25) is 0 Å². The number of hydrogen-bond donors (Lipinski definition) is 2. The van der Waals surface area contributed by atoms with Gasteiger partial charge in [-0.3, -0.25) is 4.79 Å². The number of amides is 1. The van der Waals surface area contributed by atoms with E-state index in [2.05, 4.69) is 10.2 Å². The summed E-state index contributed by atoms with van der Waals surface area (Å²) >= 11 is 1.25. The smallest absolute Gasteiger partial charge is 0.266 e. The van der Waals surface area contributed by atoms with Crippen molar-refractivity contribution in [2.45, 2.75) is 20.4 Å². The maximum absolute atomic E-state index is 13.0. The van der Waals surface area contributed by atoms with E-state index in [1.165, 1.54) is 11.3 Å². The van der Waals surface area contributed by atoms with Crippen molar-refractivity contribution < 1.29 is 9.90 Å². The number of carbonyl (C=O) groups excluding carboxylic acids is 1. The summed E-state index contributed by atoms with van der Waals surface area (Å²) in [5.74, 6) is -0.199. The van der Waals surface area contributed by atoms with Crippen molar-refractivity contribution in [3.63, 3.8) is 0 Å². The number of nitrogens with two attached hydrogens (primary N) is 1. The molecule has 0 unspecified atom stereocenters. The number of thiophene rings is 1. The average molecular weight is 356 g/mol. The van der Waals surface area contributed by atoms with Crippen molar-refractivity contribution in [1.29, 1.82) is 0 Å². The largest absolute Gasteiger partial charge is 0.397 e. The summed E-state index contributed by atoms with van der Waals surface area (Å²) in [5.41, 5.74) is 9.44. The van der Waals surface area contributed by atoms with Gasteiger partial charge in [0.1, 0.15) is 9.71 Å². The summed E-state index contributed by atoms with van der Waals surface area (Å²) in [6.07, 6.45) is 0. The van der Waals surface area contributed by atoms with E-state index in [0.717, 1.165) is 22.2 Å². The molecule has 0 atom stereocenters. The van der Waals surface area contributed by atoms with Gasteiger partial charge in [-0.05, 0) is 25.0 Å². The number of aliphatic hydroxyl groups excluding tert-OH is 1. The quantitative estimate of drug-likeness (QED) is 0.733. The van der Waals surface area contributed by atoms with Crippen molar-refractivity contribution in [2.24, 2.45) is 0 Å². The van der Waals surface area contributed by atoms with Gasteiger partial charge in [-0.1, -0.05) is 30.3 Å². The van der Waals surface area contributed by atoms with E-state index in [1.54, 1.807) is 4.90 Å². The van der Waals surface area contributed by atoms with Crippen LogP contribution in [0.25, 0.3) is 10.2 Å². The molecule has 0 radical (unpaired) electrons. The second-order valence-corrected chi connectivity index (χ2v) is 6.87. The molecule has 3 N–H and O–H groups in total. The van der Waals surface area contributed by atoms with E-state index in [1.807, 2.05) is 44.2 Å². The van der Waals surface area contributed by atoms with Crippen LogP contribution < -0.4 is 5.73 Å². The molecule has 1 aromatic carbocycles. The first-order valence-electron chi connectivity index (χ1n) is 7.98. The first kappa shape index (κ1) is 17.3. The molecular formula is C18H20N4O2S. The lowest BCUT2D eigenvalue weighted by Gasteiger charge is -2.21. The van der Waals surface area contributed by atoms with Gasteiger partial charge in [0.25, 0.3) is 5.91 Å². The van der Waals surface area contributed by atoms with Crippen LogP contribution in [0.5, 0.6) is 0 Å². The molecule has 0 bridgehead atoms. The molecule has 6 nitrogen and oxygen atoms in total. The van der Waals surface area contributed by atoms with Crippen molar-refractivity contribution in [3.8, 4) is 0 Å². The Morgan fingerprint density at radius 2 is 1.96 bits per heavy atom. The SMILES string of the molecule is Cc1nnc2sc(C(=O)N(CCO)Cc3ccccc3)c(N)c2c1C. The predicted octanol–water partition coefficient (Wildman–Crippen LogP) is 2.53. The Bertz CT molecular complexity index is 908. The number of nitrogen functional groups attached to an aromatic ring is 1. The fourth-order valence-electron chi connectivity index (χ4n) is 2.72. The molecule has 2 aromatic heterocycles. The number of rotatable bonds is 5. The lowest BCUT2D eigenvalue weighted by atomic mass is 10.1. The third-order valence-corrected chi connectivity index (χ3v) is 5.28. The van der Waals surface area contributed by atoms with Crippen LogP contribution >= 0.6 is 11.3 Å². The second kappa shape index (κ2) is 7.16. The Morgan fingerprint density at radius 1 is 1.24 bits per heavy atom. The van der Waals surface area contributed by atoms with Crippen LogP contribution in [0.2, 0.25) is 0 Å². The Balaban J connectivity index is 1.98. The lowest BCUT2D eigenvalue weighted by Crippen LogP contribution is -2.33. The van der Waals surface area contributed by atoms with Crippen LogP contribution in [0.15, 0.2) is 30.3 Å². The lowest BCUT2D eigenvalue weighted by molar-refractivity contribution is 0.0713. The normalized spacial score (nSPS) is 11.0. The molecule has 130 valence electrons. The minimum absolute atomic E-state index is 0.110. The molecular weight excluding hydrogens is 336 g/mol. The minimum atomic E-state index is -0.199. The van der Waals surface area contributed by atoms with Crippen molar-refractivity contribution >= 4 is 33.1 Å². The van der Waals surface area contributed by atoms with E-state index in [0.29, 0.717) is 21.9 Å². The summed E-state index contributed by atoms with van der Waals surface area (Å²) in [7, 11) is 0. The van der Waals surface area contributed by atoms with E-state index in [4.69, 9.17) is 5.73 Å². The second-order valence-electron chi connectivity index (χ2n) is 5.87. The molecule has 2 heterocycles. The Labute approximate surface area is 149 Å². The highest BCUT2D eigenvalue weighted by Gasteiger charge is 2.24. The number of aliphatic hydroxyl groups is 1. The summed E-state index contributed by atoms with van der Waals surface area (Å²) in [6.45, 7) is 4.34. The average Bonchev–Trinajstić information content (AvgIpc) is 2.95. The Morgan fingerprint density at radius 3 is 2.64 bits per heavy atom. The number of aromatic nitrogens is 2. The summed E-state index contributed by atoms with van der Waals surface area (Å²) in [6, 6.07) is 9.67. The van der Waals surface area contributed by atoms with E-state index < -0.39 is 0 Å². The van der Waals surface area contributed by atoms with Crippen molar-refractivity contribution in [1.82, 2.24) is 15.1 Å². The van der Waals surface area contributed by atoms with Gasteiger partial charge in [-0.2, -0.15) is 5.10 Å². The third kappa shape index (κ3) is 3.33. The zero-order valence-electron chi connectivity index (χ0n) is 14.2. The molecule has 0 saturated carbocycles. The van der Waals surface area contributed by atoms with Crippen LogP contribution in [0.4, 0.5) is 5.69 Å². The monoisotopic (exact) mass is 356 g/mol. The van der Waals surface area contributed by atoms with E-state index in [9.17, 15) is 9.90 Å². The van der Waals surface area contributed by atoms with Crippen LogP contribution in [-0.2, 0) is 6.54 Å². The number of anilines is 1. The molecule has 3 aromatic rings. The molecule has 0 aliphatic heterocycles. The first-order valence-corrected chi connectivity index (χ1v) is 8.80. The molecule has 25 heavy (non-hydrogen) atoms. The third-order valence-electron chi connectivity index (χ3n) is 4.20. The highest BCUT2D eigenvalue weighted by atomic mass is 32.1. The minimum Gasteiger partial charge on any atom is -0.397 e. The maximum atomic E-state index is 13.0. The molecule has 1 amide bonds. The summed E-state index contributed by atoms with van der Waals surface area (Å²) in [5, 5.41) is 18.4.